The summed E-state index contributed by atoms with van der Waals surface area (Å²) in [4.78, 5) is 21.6. The minimum Gasteiger partial charge on any atom is -0.399 e. The Hall–Kier alpha value is -0.550. The van der Waals surface area contributed by atoms with Crippen molar-refractivity contribution in [3.05, 3.63) is 0 Å². The van der Waals surface area contributed by atoms with Crippen LogP contribution in [0.15, 0.2) is 0 Å². The molecule has 0 radical (unpaired) electrons. The molecule has 1 unspecified atom stereocenters. The molecular formula is C7H14FN2O3PS. The summed E-state index contributed by atoms with van der Waals surface area (Å²) in [6.45, 7) is 0.520. The summed E-state index contributed by atoms with van der Waals surface area (Å²) in [7, 11) is -1.36. The topological polar surface area (TPSA) is 67.4 Å². The van der Waals surface area contributed by atoms with Crippen molar-refractivity contribution < 1.29 is 18.3 Å². The van der Waals surface area contributed by atoms with Gasteiger partial charge in [-0.3, -0.25) is 4.79 Å². The lowest BCUT2D eigenvalue weighted by Gasteiger charge is -2.05. The van der Waals surface area contributed by atoms with E-state index >= 15 is 0 Å². The quantitative estimate of drug-likeness (QED) is 0.362. The van der Waals surface area contributed by atoms with Crippen LogP contribution in [0, 0.1) is 0 Å². The standard InChI is InChI=1S/C7H14FN2O3PS/c8-14-13-7(12)10-4-3-9-6(11)2-1-5-15/h14-15H,1-5H2,(H,9,11)(H,10,12). The second-order valence-corrected chi connectivity index (χ2v) is 3.38. The van der Waals surface area contributed by atoms with Crippen LogP contribution in [0.2, 0.25) is 0 Å². The van der Waals surface area contributed by atoms with Crippen LogP contribution in [0.25, 0.3) is 0 Å². The third-order valence-electron chi connectivity index (χ3n) is 1.41. The van der Waals surface area contributed by atoms with Gasteiger partial charge < -0.3 is 15.2 Å². The third kappa shape index (κ3) is 9.75. The van der Waals surface area contributed by atoms with Crippen LogP contribution in [0.5, 0.6) is 0 Å². The molecule has 2 amide bonds. The van der Waals surface area contributed by atoms with Crippen molar-refractivity contribution >= 4 is 33.7 Å². The molecule has 1 atom stereocenters. The number of carbonyl (C=O) groups excluding carboxylic acids is 2. The van der Waals surface area contributed by atoms with Gasteiger partial charge in [-0.05, 0) is 12.2 Å². The van der Waals surface area contributed by atoms with Gasteiger partial charge in [-0.2, -0.15) is 16.8 Å². The molecule has 0 aliphatic carbocycles. The van der Waals surface area contributed by atoms with E-state index in [1.165, 1.54) is 0 Å². The highest BCUT2D eigenvalue weighted by Gasteiger charge is 2.01. The van der Waals surface area contributed by atoms with Crippen molar-refractivity contribution in [2.24, 2.45) is 0 Å². The average molecular weight is 256 g/mol. The smallest absolute Gasteiger partial charge is 0.399 e. The number of hydrogen-bond donors (Lipinski definition) is 3. The maximum Gasteiger partial charge on any atom is 0.411 e. The Morgan fingerprint density at radius 1 is 1.33 bits per heavy atom. The third-order valence-corrected chi connectivity index (χ3v) is 1.99. The van der Waals surface area contributed by atoms with Crippen LogP contribution in [0.1, 0.15) is 12.8 Å². The van der Waals surface area contributed by atoms with E-state index in [4.69, 9.17) is 0 Å². The van der Waals surface area contributed by atoms with Crippen molar-refractivity contribution in [3.8, 4) is 0 Å². The second kappa shape index (κ2) is 9.98. The minimum absolute atomic E-state index is 0.0911. The van der Waals surface area contributed by atoms with Gasteiger partial charge >= 0.3 is 6.09 Å². The summed E-state index contributed by atoms with van der Waals surface area (Å²) in [6, 6.07) is 0. The molecule has 0 fully saturated rings. The summed E-state index contributed by atoms with van der Waals surface area (Å²) >= 11 is 3.97. The van der Waals surface area contributed by atoms with E-state index < -0.39 is 15.2 Å². The number of nitrogens with one attached hydrogen (secondary N) is 2. The predicted octanol–water partition coefficient (Wildman–Crippen LogP) is 1.02. The molecule has 15 heavy (non-hydrogen) atoms. The Labute approximate surface area is 94.9 Å². The summed E-state index contributed by atoms with van der Waals surface area (Å²) in [6.07, 6.45) is 0.313. The molecule has 0 aromatic rings. The summed E-state index contributed by atoms with van der Waals surface area (Å²) < 4.78 is 15.5. The SMILES string of the molecule is O=C(CCCS)NCCNC(=O)OPF. The molecule has 0 saturated carbocycles. The number of carbonyl (C=O) groups is 2. The molecule has 0 aliphatic rings. The van der Waals surface area contributed by atoms with Gasteiger partial charge in [0.2, 0.25) is 5.91 Å². The van der Waals surface area contributed by atoms with E-state index in [0.717, 1.165) is 0 Å². The van der Waals surface area contributed by atoms with E-state index in [1.807, 2.05) is 0 Å². The molecule has 0 bridgehead atoms. The highest BCUT2D eigenvalue weighted by molar-refractivity contribution is 7.80. The number of halogens is 1. The first kappa shape index (κ1) is 14.5. The Balaban J connectivity index is 3.30. The highest BCUT2D eigenvalue weighted by Crippen LogP contribution is 2.10. The van der Waals surface area contributed by atoms with Crippen LogP contribution in [-0.4, -0.2) is 30.8 Å². The number of hydrogen-bond acceptors (Lipinski definition) is 4. The molecule has 0 saturated heterocycles. The van der Waals surface area contributed by atoms with Gasteiger partial charge in [0.25, 0.3) is 9.12 Å². The van der Waals surface area contributed by atoms with Crippen molar-refractivity contribution in [1.29, 1.82) is 0 Å². The summed E-state index contributed by atoms with van der Waals surface area (Å²) in [5.74, 6) is 0.571. The Bertz CT molecular complexity index is 209. The minimum atomic E-state index is -1.36. The average Bonchev–Trinajstić information content (AvgIpc) is 2.22. The maximum absolute atomic E-state index is 11.5. The zero-order valence-electron chi connectivity index (χ0n) is 8.09. The van der Waals surface area contributed by atoms with Crippen LogP contribution in [-0.2, 0) is 9.32 Å². The van der Waals surface area contributed by atoms with E-state index in [0.29, 0.717) is 25.1 Å². The highest BCUT2D eigenvalue weighted by atomic mass is 32.1. The van der Waals surface area contributed by atoms with Crippen molar-refractivity contribution in [3.63, 3.8) is 0 Å². The van der Waals surface area contributed by atoms with Gasteiger partial charge in [0, 0.05) is 19.5 Å². The maximum atomic E-state index is 11.5. The normalized spacial score (nSPS) is 10.3. The largest absolute Gasteiger partial charge is 0.411 e. The summed E-state index contributed by atoms with van der Waals surface area (Å²) in [5.41, 5.74) is 0. The molecule has 5 nitrogen and oxygen atoms in total. The fraction of sp³-hybridized carbons (Fsp3) is 0.714. The van der Waals surface area contributed by atoms with Gasteiger partial charge in [0.15, 0.2) is 0 Å². The lowest BCUT2D eigenvalue weighted by molar-refractivity contribution is -0.121. The predicted molar refractivity (Wildman–Crippen MR) is 60.0 cm³/mol. The van der Waals surface area contributed by atoms with Gasteiger partial charge in [-0.1, -0.05) is 0 Å². The van der Waals surface area contributed by atoms with Crippen LogP contribution in [0.4, 0.5) is 8.99 Å². The fourth-order valence-electron chi connectivity index (χ4n) is 0.766. The van der Waals surface area contributed by atoms with Crippen LogP contribution >= 0.6 is 21.7 Å². The Morgan fingerprint density at radius 2 is 2.00 bits per heavy atom. The zero-order valence-corrected chi connectivity index (χ0v) is 9.98. The lowest BCUT2D eigenvalue weighted by atomic mass is 10.3. The van der Waals surface area contributed by atoms with Crippen LogP contribution < -0.4 is 10.6 Å². The molecule has 8 heteroatoms. The van der Waals surface area contributed by atoms with Crippen molar-refractivity contribution in [2.75, 3.05) is 18.8 Å². The molecule has 0 aromatic heterocycles. The molecule has 2 N–H and O–H groups in total. The van der Waals surface area contributed by atoms with E-state index in [1.54, 1.807) is 0 Å². The second-order valence-electron chi connectivity index (χ2n) is 2.57. The number of amides is 2. The molecule has 0 aromatic carbocycles. The van der Waals surface area contributed by atoms with E-state index in [-0.39, 0.29) is 12.5 Å². The first-order chi connectivity index (χ1) is 7.20. The van der Waals surface area contributed by atoms with E-state index in [2.05, 4.69) is 27.8 Å². The molecular weight excluding hydrogens is 242 g/mol. The molecule has 0 spiro atoms. The monoisotopic (exact) mass is 256 g/mol. The zero-order chi connectivity index (χ0) is 11.5. The molecule has 0 rings (SSSR count). The van der Waals surface area contributed by atoms with Gasteiger partial charge in [0.1, 0.15) is 0 Å². The molecule has 0 heterocycles. The van der Waals surface area contributed by atoms with Gasteiger partial charge in [-0.25, -0.2) is 4.79 Å². The Kier molecular flexibility index (Phi) is 9.62. The first-order valence-corrected chi connectivity index (χ1v) is 5.80. The lowest BCUT2D eigenvalue weighted by Crippen LogP contribution is -2.34. The van der Waals surface area contributed by atoms with Gasteiger partial charge in [-0.15, -0.1) is 0 Å². The first-order valence-electron chi connectivity index (χ1n) is 4.38. The summed E-state index contributed by atoms with van der Waals surface area (Å²) in [5, 5.41) is 4.85. The number of rotatable bonds is 7. The van der Waals surface area contributed by atoms with Crippen molar-refractivity contribution in [2.45, 2.75) is 12.8 Å². The molecule has 88 valence electrons. The molecule has 0 aliphatic heterocycles. The van der Waals surface area contributed by atoms with Crippen molar-refractivity contribution in [1.82, 2.24) is 10.6 Å². The van der Waals surface area contributed by atoms with Crippen LogP contribution in [0.3, 0.4) is 0 Å². The number of thiol groups is 1. The fourth-order valence-corrected chi connectivity index (χ4v) is 1.07. The van der Waals surface area contributed by atoms with E-state index in [9.17, 15) is 13.8 Å². The van der Waals surface area contributed by atoms with Gasteiger partial charge in [0.05, 0.1) is 0 Å². The Morgan fingerprint density at radius 3 is 2.60 bits per heavy atom.